The summed E-state index contributed by atoms with van der Waals surface area (Å²) in [5.74, 6) is -6.99. The van der Waals surface area contributed by atoms with E-state index in [4.69, 9.17) is 9.25 Å². The van der Waals surface area contributed by atoms with Gasteiger partial charge in [0.2, 0.25) is 11.0 Å². The number of hydrogen-bond acceptors (Lipinski definition) is 7. The third kappa shape index (κ3) is 4.96. The molecule has 1 N–H and O–H groups in total. The molecule has 4 aliphatic heterocycles. The van der Waals surface area contributed by atoms with E-state index < -0.39 is 60.7 Å². The Kier molecular flexibility index (Phi) is 6.71. The molecule has 2 amide bonds. The van der Waals surface area contributed by atoms with E-state index in [2.05, 4.69) is 0 Å². The van der Waals surface area contributed by atoms with E-state index in [1.807, 2.05) is 0 Å². The van der Waals surface area contributed by atoms with E-state index in [0.717, 1.165) is 17.0 Å². The number of hydrogen-bond donors (Lipinski definition) is 1. The number of benzene rings is 3. The highest BCUT2D eigenvalue weighted by Gasteiger charge is 2.46. The Hall–Kier alpha value is -4.85. The molecule has 0 bridgehead atoms. The molecular formula is C32H25F5N3O6+. The first kappa shape index (κ1) is 29.8. The van der Waals surface area contributed by atoms with E-state index in [9.17, 15) is 32.7 Å². The van der Waals surface area contributed by atoms with E-state index in [1.54, 1.807) is 0 Å². The van der Waals surface area contributed by atoms with E-state index >= 15 is 8.78 Å². The highest BCUT2D eigenvalue weighted by atomic mass is 19.3. The lowest BCUT2D eigenvalue weighted by molar-refractivity contribution is -0.172. The number of hydroxylamine groups is 2. The van der Waals surface area contributed by atoms with Gasteiger partial charge in [0.15, 0.2) is 18.9 Å². The van der Waals surface area contributed by atoms with Crippen LogP contribution in [-0.4, -0.2) is 65.7 Å². The topological polar surface area (TPSA) is 103 Å². The molecule has 4 heterocycles. The van der Waals surface area contributed by atoms with Gasteiger partial charge in [0, 0.05) is 35.4 Å². The maximum atomic E-state index is 15.7. The summed E-state index contributed by atoms with van der Waals surface area (Å²) in [5.41, 5.74) is -1.20. The first-order valence-corrected chi connectivity index (χ1v) is 14.4. The summed E-state index contributed by atoms with van der Waals surface area (Å²) in [6.45, 7) is -0.746. The third-order valence-corrected chi connectivity index (χ3v) is 8.39. The molecule has 238 valence electrons. The molecule has 0 spiro atoms. The van der Waals surface area contributed by atoms with E-state index in [-0.39, 0.29) is 81.5 Å². The van der Waals surface area contributed by atoms with Gasteiger partial charge in [-0.3, -0.25) is 9.59 Å². The van der Waals surface area contributed by atoms with Crippen LogP contribution in [0.4, 0.5) is 27.6 Å². The minimum absolute atomic E-state index is 0.0238. The number of nitrogens with zero attached hydrogens (tertiary/aromatic N) is 3. The van der Waals surface area contributed by atoms with Crippen LogP contribution in [-0.2, 0) is 21.0 Å². The second-order valence-corrected chi connectivity index (χ2v) is 12.0. The Balaban J connectivity index is 1.44. The molecule has 3 saturated heterocycles. The molecule has 2 aromatic carbocycles. The van der Waals surface area contributed by atoms with Crippen LogP contribution in [0.3, 0.4) is 0 Å². The summed E-state index contributed by atoms with van der Waals surface area (Å²) in [7, 11) is 0. The fourth-order valence-corrected chi connectivity index (χ4v) is 6.15. The monoisotopic (exact) mass is 642 g/mol. The molecular weight excluding hydrogens is 617 g/mol. The summed E-state index contributed by atoms with van der Waals surface area (Å²) < 4.78 is 80.4. The van der Waals surface area contributed by atoms with Gasteiger partial charge in [0.25, 0.3) is 17.7 Å². The molecule has 1 aliphatic carbocycles. The van der Waals surface area contributed by atoms with Crippen molar-refractivity contribution in [2.45, 2.75) is 38.0 Å². The van der Waals surface area contributed by atoms with E-state index in [1.165, 1.54) is 41.8 Å². The Morgan fingerprint density at radius 2 is 1.67 bits per heavy atom. The largest absolute Gasteiger partial charge is 0.456 e. The number of halogens is 5. The van der Waals surface area contributed by atoms with Gasteiger partial charge in [-0.15, -0.1) is 5.06 Å². The Labute approximate surface area is 257 Å². The fraction of sp³-hybridized carbons (Fsp3) is 0.312. The summed E-state index contributed by atoms with van der Waals surface area (Å²) in [4.78, 5) is 43.3. The Bertz CT molecular complexity index is 2010. The predicted molar refractivity (Wildman–Crippen MR) is 152 cm³/mol. The number of aliphatic hydroxyl groups is 1. The van der Waals surface area contributed by atoms with Crippen LogP contribution in [0.1, 0.15) is 35.7 Å². The maximum absolute atomic E-state index is 15.7. The number of alkyl halides is 3. The molecule has 14 heteroatoms. The number of fused-ring (bicyclic) bond motifs is 2. The van der Waals surface area contributed by atoms with Crippen molar-refractivity contribution in [2.75, 3.05) is 31.1 Å². The molecule has 2 aromatic rings. The van der Waals surface area contributed by atoms with Gasteiger partial charge in [-0.05, 0) is 42.3 Å². The molecule has 3 fully saturated rings. The Morgan fingerprint density at radius 3 is 2.30 bits per heavy atom. The SMILES string of the molecule is CC1(F)C[N+](=c2cc3oc4cc(N5CC(F)(F)C5)c(F)cc4c(-c4cc(C(=O)ON5C(=O)CCC5=O)ccc4CO)c-3cc2F)C1. The number of rotatable bonds is 5. The lowest BCUT2D eigenvalue weighted by Crippen LogP contribution is -2.59. The second-order valence-electron chi connectivity index (χ2n) is 12.0. The van der Waals surface area contributed by atoms with Crippen LogP contribution in [0.5, 0.6) is 0 Å². The zero-order chi connectivity index (χ0) is 32.7. The van der Waals surface area contributed by atoms with Crippen molar-refractivity contribution in [1.29, 1.82) is 0 Å². The number of anilines is 1. The van der Waals surface area contributed by atoms with Gasteiger partial charge in [0.05, 0.1) is 37.0 Å². The fourth-order valence-electron chi connectivity index (χ4n) is 6.15. The van der Waals surface area contributed by atoms with E-state index in [0.29, 0.717) is 5.06 Å². The van der Waals surface area contributed by atoms with Crippen LogP contribution in [0.2, 0.25) is 0 Å². The second kappa shape index (κ2) is 10.3. The van der Waals surface area contributed by atoms with Gasteiger partial charge < -0.3 is 19.3 Å². The zero-order valence-corrected chi connectivity index (χ0v) is 24.2. The lowest BCUT2D eigenvalue weighted by Gasteiger charge is -2.40. The van der Waals surface area contributed by atoms with Crippen LogP contribution in [0, 0.1) is 11.6 Å². The molecule has 7 rings (SSSR count). The molecule has 0 unspecified atom stereocenters. The molecule has 9 nitrogen and oxygen atoms in total. The van der Waals surface area contributed by atoms with Gasteiger partial charge in [0.1, 0.15) is 17.2 Å². The van der Waals surface area contributed by atoms with Crippen molar-refractivity contribution in [3.63, 3.8) is 0 Å². The van der Waals surface area contributed by atoms with Crippen LogP contribution >= 0.6 is 0 Å². The normalized spacial score (nSPS) is 20.8. The minimum Gasteiger partial charge on any atom is -0.456 e. The number of imide groups is 1. The van der Waals surface area contributed by atoms with Crippen molar-refractivity contribution in [1.82, 2.24) is 9.64 Å². The predicted octanol–water partition coefficient (Wildman–Crippen LogP) is 4.17. The standard InChI is InChI=1S/C32H25F5N3O6/c1-31(35)12-38(13-31)23-9-25-19(7-21(23)33)29(20-8-22(34)24(10-26(20)45-25)39-14-32(36,37)15-39)18-6-16(2-3-17(18)11-41)30(44)46-40-27(42)4-5-28(40)43/h2-3,6-10,41H,4-5,11-15H2,1H3/q+1. The number of carbonyl (C=O) groups is 3. The average Bonchev–Trinajstić information content (AvgIpc) is 3.29. The highest BCUT2D eigenvalue weighted by Crippen LogP contribution is 2.44. The van der Waals surface area contributed by atoms with Gasteiger partial charge in [-0.1, -0.05) is 6.07 Å². The number of amides is 2. The first-order chi connectivity index (χ1) is 21.7. The van der Waals surface area contributed by atoms with Crippen molar-refractivity contribution >= 4 is 34.4 Å². The average molecular weight is 643 g/mol. The van der Waals surface area contributed by atoms with Crippen molar-refractivity contribution in [2.24, 2.45) is 0 Å². The van der Waals surface area contributed by atoms with Gasteiger partial charge in [-0.25, -0.2) is 26.9 Å². The molecule has 46 heavy (non-hydrogen) atoms. The quantitative estimate of drug-likeness (QED) is 0.151. The maximum Gasteiger partial charge on any atom is 0.363 e. The minimum atomic E-state index is -2.99. The number of carbonyl (C=O) groups excluding carboxylic acids is 3. The van der Waals surface area contributed by atoms with Crippen LogP contribution in [0.25, 0.3) is 33.4 Å². The highest BCUT2D eigenvalue weighted by molar-refractivity contribution is 6.06. The summed E-state index contributed by atoms with van der Waals surface area (Å²) in [6.07, 6.45) is -0.241. The molecule has 0 aromatic heterocycles. The van der Waals surface area contributed by atoms with Crippen molar-refractivity contribution in [3.05, 3.63) is 70.6 Å². The molecule has 0 saturated carbocycles. The molecule has 0 radical (unpaired) electrons. The van der Waals surface area contributed by atoms with Crippen molar-refractivity contribution in [3.8, 4) is 22.5 Å². The third-order valence-electron chi connectivity index (χ3n) is 8.39. The van der Waals surface area contributed by atoms with Gasteiger partial charge >= 0.3 is 5.97 Å². The summed E-state index contributed by atoms with van der Waals surface area (Å²) in [6, 6.07) is 8.71. The Morgan fingerprint density at radius 1 is 0.978 bits per heavy atom. The van der Waals surface area contributed by atoms with Crippen LogP contribution < -0.4 is 14.8 Å². The number of aliphatic hydroxyl groups excluding tert-OH is 1. The lowest BCUT2D eigenvalue weighted by atomic mass is 9.89. The smallest absolute Gasteiger partial charge is 0.363 e. The summed E-state index contributed by atoms with van der Waals surface area (Å²) in [5, 5.41) is 10.8. The first-order valence-electron chi connectivity index (χ1n) is 14.4. The van der Waals surface area contributed by atoms with Gasteiger partial charge in [-0.2, -0.15) is 4.39 Å². The molecule has 0 atom stereocenters. The summed E-state index contributed by atoms with van der Waals surface area (Å²) >= 11 is 0. The van der Waals surface area contributed by atoms with Crippen LogP contribution in [0.15, 0.2) is 46.9 Å². The molecule has 5 aliphatic rings. The zero-order valence-electron chi connectivity index (χ0n) is 24.2. The van der Waals surface area contributed by atoms with Crippen molar-refractivity contribution < 1.29 is 50.7 Å².